The van der Waals surface area contributed by atoms with Crippen molar-refractivity contribution in [2.24, 2.45) is 10.4 Å². The van der Waals surface area contributed by atoms with Crippen LogP contribution in [0.2, 0.25) is 0 Å². The molecule has 5 heteroatoms. The van der Waals surface area contributed by atoms with Gasteiger partial charge in [-0.2, -0.15) is 0 Å². The van der Waals surface area contributed by atoms with Gasteiger partial charge in [-0.15, -0.1) is 0 Å². The Morgan fingerprint density at radius 2 is 2.05 bits per heavy atom. The van der Waals surface area contributed by atoms with E-state index in [9.17, 15) is 8.78 Å². The highest BCUT2D eigenvalue weighted by Gasteiger charge is 2.27. The number of nitrogens with one attached hydrogen (secondary N) is 1. The third-order valence-corrected chi connectivity index (χ3v) is 4.00. The number of thioether (sulfide) groups is 1. The minimum Gasteiger partial charge on any atom is -0.333 e. The summed E-state index contributed by atoms with van der Waals surface area (Å²) in [6, 6.07) is 3.73. The second-order valence-corrected chi connectivity index (χ2v) is 6.79. The first-order chi connectivity index (χ1) is 8.86. The number of anilines is 1. The predicted molar refractivity (Wildman–Crippen MR) is 77.7 cm³/mol. The molecule has 2 nitrogen and oxygen atoms in total. The van der Waals surface area contributed by atoms with Gasteiger partial charge in [0.2, 0.25) is 0 Å². The van der Waals surface area contributed by atoms with E-state index in [-0.39, 0.29) is 17.1 Å². The van der Waals surface area contributed by atoms with E-state index in [0.717, 1.165) is 18.2 Å². The van der Waals surface area contributed by atoms with Crippen LogP contribution in [0, 0.1) is 17.0 Å². The van der Waals surface area contributed by atoms with Gasteiger partial charge in [0.15, 0.2) is 5.17 Å². The standard InChI is InChI=1S/C14H18F2N2S/c1-14(2,3)12-6-7-19-13(18-12)17-11-5-4-9(15)8-10(11)16/h4-5,8,12H,6-7H2,1-3H3,(H,17,18). The predicted octanol–water partition coefficient (Wildman–Crippen LogP) is 4.28. The summed E-state index contributed by atoms with van der Waals surface area (Å²) in [6.45, 7) is 6.44. The molecular weight excluding hydrogens is 266 g/mol. The molecule has 0 amide bonds. The third kappa shape index (κ3) is 3.69. The molecule has 1 unspecified atom stereocenters. The number of halogens is 2. The number of aliphatic imine (C=N–C) groups is 1. The normalized spacial score (nSPS) is 20.1. The lowest BCUT2D eigenvalue weighted by Crippen LogP contribution is -2.30. The first kappa shape index (κ1) is 14.3. The Balaban J connectivity index is 2.16. The van der Waals surface area contributed by atoms with Gasteiger partial charge in [-0.3, -0.25) is 4.99 Å². The monoisotopic (exact) mass is 284 g/mol. The van der Waals surface area contributed by atoms with Crippen LogP contribution in [0.25, 0.3) is 0 Å². The molecule has 0 aromatic heterocycles. The molecule has 2 rings (SSSR count). The van der Waals surface area contributed by atoms with Gasteiger partial charge in [-0.25, -0.2) is 8.78 Å². The highest BCUT2D eigenvalue weighted by atomic mass is 32.2. The molecule has 104 valence electrons. The smallest absolute Gasteiger partial charge is 0.161 e. The van der Waals surface area contributed by atoms with Crippen molar-refractivity contribution in [1.29, 1.82) is 0 Å². The van der Waals surface area contributed by atoms with E-state index in [0.29, 0.717) is 5.17 Å². The van der Waals surface area contributed by atoms with Crippen molar-refractivity contribution in [1.82, 2.24) is 0 Å². The zero-order valence-corrected chi connectivity index (χ0v) is 12.2. The lowest BCUT2D eigenvalue weighted by Gasteiger charge is -2.31. The molecule has 0 bridgehead atoms. The van der Waals surface area contributed by atoms with E-state index in [4.69, 9.17) is 0 Å². The van der Waals surface area contributed by atoms with Crippen molar-refractivity contribution >= 4 is 22.6 Å². The number of amidine groups is 1. The van der Waals surface area contributed by atoms with Crippen LogP contribution in [0.5, 0.6) is 0 Å². The minimum atomic E-state index is -0.596. The molecule has 1 aliphatic rings. The zero-order valence-electron chi connectivity index (χ0n) is 11.3. The Labute approximate surface area is 116 Å². The molecule has 1 heterocycles. The molecule has 19 heavy (non-hydrogen) atoms. The molecule has 1 atom stereocenters. The number of nitrogens with zero attached hydrogens (tertiary/aromatic N) is 1. The fraction of sp³-hybridized carbons (Fsp3) is 0.500. The van der Waals surface area contributed by atoms with Crippen LogP contribution in [0.4, 0.5) is 14.5 Å². The van der Waals surface area contributed by atoms with E-state index in [1.807, 2.05) is 0 Å². The second kappa shape index (κ2) is 5.49. The van der Waals surface area contributed by atoms with Crippen molar-refractivity contribution < 1.29 is 8.78 Å². The topological polar surface area (TPSA) is 24.4 Å². The third-order valence-electron chi connectivity index (χ3n) is 3.08. The number of rotatable bonds is 1. The Bertz CT molecular complexity index is 495. The average molecular weight is 284 g/mol. The molecular formula is C14H18F2N2S. The molecule has 0 spiro atoms. The highest BCUT2D eigenvalue weighted by molar-refractivity contribution is 8.14. The fourth-order valence-electron chi connectivity index (χ4n) is 1.91. The maximum Gasteiger partial charge on any atom is 0.161 e. The lowest BCUT2D eigenvalue weighted by molar-refractivity contribution is 0.316. The lowest BCUT2D eigenvalue weighted by atomic mass is 9.85. The van der Waals surface area contributed by atoms with Crippen molar-refractivity contribution in [2.45, 2.75) is 33.2 Å². The zero-order chi connectivity index (χ0) is 14.0. The quantitative estimate of drug-likeness (QED) is 0.832. The number of benzene rings is 1. The van der Waals surface area contributed by atoms with Crippen LogP contribution in [0.3, 0.4) is 0 Å². The Morgan fingerprint density at radius 1 is 1.32 bits per heavy atom. The molecule has 0 saturated carbocycles. The Hall–Kier alpha value is -1.10. The maximum atomic E-state index is 13.6. The first-order valence-electron chi connectivity index (χ1n) is 6.29. The second-order valence-electron chi connectivity index (χ2n) is 5.70. The SMILES string of the molecule is CC(C)(C)C1CCSC(Nc2ccc(F)cc2F)=N1. The van der Waals surface area contributed by atoms with Crippen molar-refractivity contribution in [2.75, 3.05) is 11.1 Å². The fourth-order valence-corrected chi connectivity index (χ4v) is 2.83. The average Bonchev–Trinajstić information content (AvgIpc) is 2.32. The van der Waals surface area contributed by atoms with Gasteiger partial charge in [0.1, 0.15) is 11.6 Å². The summed E-state index contributed by atoms with van der Waals surface area (Å²) in [5.41, 5.74) is 0.358. The van der Waals surface area contributed by atoms with Crippen molar-refractivity contribution in [3.8, 4) is 0 Å². The molecule has 1 aromatic carbocycles. The van der Waals surface area contributed by atoms with Crippen molar-refractivity contribution in [3.05, 3.63) is 29.8 Å². The summed E-state index contributed by atoms with van der Waals surface area (Å²) in [5.74, 6) is -0.216. The van der Waals surface area contributed by atoms with Crippen LogP contribution >= 0.6 is 11.8 Å². The van der Waals surface area contributed by atoms with Gasteiger partial charge in [-0.1, -0.05) is 32.5 Å². The van der Waals surface area contributed by atoms with E-state index in [1.165, 1.54) is 12.1 Å². The molecule has 0 fully saturated rings. The molecule has 0 aliphatic carbocycles. The van der Waals surface area contributed by atoms with E-state index >= 15 is 0 Å². The highest BCUT2D eigenvalue weighted by Crippen LogP contribution is 2.31. The Kier molecular flexibility index (Phi) is 4.13. The van der Waals surface area contributed by atoms with Gasteiger partial charge in [0.05, 0.1) is 11.7 Å². The van der Waals surface area contributed by atoms with Crippen LogP contribution in [-0.4, -0.2) is 17.0 Å². The van der Waals surface area contributed by atoms with Gasteiger partial charge in [0, 0.05) is 11.8 Å². The van der Waals surface area contributed by atoms with Crippen LogP contribution in [0.15, 0.2) is 23.2 Å². The number of hydrogen-bond donors (Lipinski definition) is 1. The van der Waals surface area contributed by atoms with E-state index in [2.05, 4.69) is 31.1 Å². The Morgan fingerprint density at radius 3 is 2.68 bits per heavy atom. The van der Waals surface area contributed by atoms with Gasteiger partial charge in [0.25, 0.3) is 0 Å². The molecule has 0 saturated heterocycles. The van der Waals surface area contributed by atoms with Gasteiger partial charge in [-0.05, 0) is 24.0 Å². The van der Waals surface area contributed by atoms with Gasteiger partial charge < -0.3 is 5.32 Å². The van der Waals surface area contributed by atoms with E-state index in [1.54, 1.807) is 11.8 Å². The van der Waals surface area contributed by atoms with Crippen LogP contribution in [0.1, 0.15) is 27.2 Å². The summed E-state index contributed by atoms with van der Waals surface area (Å²) in [5, 5.41) is 3.65. The summed E-state index contributed by atoms with van der Waals surface area (Å²) < 4.78 is 26.4. The summed E-state index contributed by atoms with van der Waals surface area (Å²) in [6.07, 6.45) is 1.02. The maximum absolute atomic E-state index is 13.6. The molecule has 0 radical (unpaired) electrons. The first-order valence-corrected chi connectivity index (χ1v) is 7.27. The summed E-state index contributed by atoms with van der Waals surface area (Å²) in [7, 11) is 0. The van der Waals surface area contributed by atoms with Crippen molar-refractivity contribution in [3.63, 3.8) is 0 Å². The van der Waals surface area contributed by atoms with Crippen LogP contribution in [-0.2, 0) is 0 Å². The molecule has 1 aliphatic heterocycles. The van der Waals surface area contributed by atoms with Gasteiger partial charge >= 0.3 is 0 Å². The van der Waals surface area contributed by atoms with E-state index < -0.39 is 11.6 Å². The van der Waals surface area contributed by atoms with Crippen LogP contribution < -0.4 is 5.32 Å². The molecule has 1 aromatic rings. The summed E-state index contributed by atoms with van der Waals surface area (Å²) in [4.78, 5) is 4.62. The minimum absolute atomic E-state index is 0.0925. The largest absolute Gasteiger partial charge is 0.333 e. The molecule has 1 N–H and O–H groups in total. The number of hydrogen-bond acceptors (Lipinski definition) is 3. The summed E-state index contributed by atoms with van der Waals surface area (Å²) >= 11 is 1.57.